The van der Waals surface area contributed by atoms with Crippen LogP contribution in [0.15, 0.2) is 12.2 Å². The van der Waals surface area contributed by atoms with Crippen molar-refractivity contribution in [2.24, 2.45) is 0 Å². The molecule has 0 saturated carbocycles. The molecule has 9 N–H and O–H groups in total. The van der Waals surface area contributed by atoms with Crippen LogP contribution in [-0.4, -0.2) is 140 Å². The molecule has 14 heteroatoms. The van der Waals surface area contributed by atoms with Crippen LogP contribution in [0.2, 0.25) is 0 Å². The second-order valence-electron chi connectivity index (χ2n) is 15.8. The second kappa shape index (κ2) is 30.7. The molecule has 12 atom stereocenters. The lowest BCUT2D eigenvalue weighted by Crippen LogP contribution is -2.65. The third kappa shape index (κ3) is 19.2. The van der Waals surface area contributed by atoms with Crippen LogP contribution in [-0.2, 0) is 23.7 Å². The Bertz CT molecular complexity index is 1000. The van der Waals surface area contributed by atoms with Gasteiger partial charge in [-0.15, -0.1) is 0 Å². The average molecular weight is 806 g/mol. The molecule has 0 bridgehead atoms. The van der Waals surface area contributed by atoms with Gasteiger partial charge in [0.1, 0.15) is 48.8 Å². The van der Waals surface area contributed by atoms with Gasteiger partial charge in [-0.05, 0) is 19.3 Å². The Kier molecular flexibility index (Phi) is 27.9. The molecule has 2 aliphatic heterocycles. The Hall–Kier alpha value is -1.27. The number of nitrogens with one attached hydrogen (secondary N) is 1. The maximum Gasteiger partial charge on any atom is 0.220 e. The van der Waals surface area contributed by atoms with Gasteiger partial charge >= 0.3 is 0 Å². The molecule has 2 fully saturated rings. The predicted octanol–water partition coefficient (Wildman–Crippen LogP) is 3.65. The van der Waals surface area contributed by atoms with E-state index in [1.165, 1.54) is 89.9 Å². The van der Waals surface area contributed by atoms with Crippen LogP contribution in [0.5, 0.6) is 0 Å². The summed E-state index contributed by atoms with van der Waals surface area (Å²) >= 11 is 0. The molecule has 0 radical (unpaired) electrons. The highest BCUT2D eigenvalue weighted by molar-refractivity contribution is 5.76. The maximum atomic E-state index is 13.0. The summed E-state index contributed by atoms with van der Waals surface area (Å²) in [5, 5.41) is 86.2. The Morgan fingerprint density at radius 3 is 1.64 bits per heavy atom. The fraction of sp³-hybridized carbons (Fsp3) is 0.929. The molecular formula is C42H79NO13. The molecule has 14 nitrogen and oxygen atoms in total. The molecule has 2 rings (SSSR count). The van der Waals surface area contributed by atoms with E-state index in [0.29, 0.717) is 6.42 Å². The van der Waals surface area contributed by atoms with Gasteiger partial charge in [0, 0.05) is 6.42 Å². The largest absolute Gasteiger partial charge is 0.394 e. The number of aliphatic hydroxyl groups is 8. The first kappa shape index (κ1) is 50.9. The molecule has 0 aromatic heterocycles. The highest BCUT2D eigenvalue weighted by atomic mass is 16.7. The Labute approximate surface area is 336 Å². The molecular weight excluding hydrogens is 726 g/mol. The van der Waals surface area contributed by atoms with E-state index in [4.69, 9.17) is 18.9 Å². The number of aliphatic hydroxyl groups excluding tert-OH is 8. The van der Waals surface area contributed by atoms with Gasteiger partial charge in [0.05, 0.1) is 32.0 Å². The van der Waals surface area contributed by atoms with Crippen molar-refractivity contribution in [3.05, 3.63) is 12.2 Å². The molecule has 0 spiro atoms. The molecule has 4 unspecified atom stereocenters. The Morgan fingerprint density at radius 2 is 1.11 bits per heavy atom. The summed E-state index contributed by atoms with van der Waals surface area (Å²) < 4.78 is 22.6. The Morgan fingerprint density at radius 1 is 0.625 bits per heavy atom. The topological polar surface area (TPSA) is 228 Å². The van der Waals surface area contributed by atoms with Gasteiger partial charge in [-0.2, -0.15) is 0 Å². The van der Waals surface area contributed by atoms with Crippen LogP contribution in [0.4, 0.5) is 0 Å². The van der Waals surface area contributed by atoms with Crippen LogP contribution in [0.3, 0.4) is 0 Å². The average Bonchev–Trinajstić information content (AvgIpc) is 3.19. The van der Waals surface area contributed by atoms with Crippen LogP contribution in [0.1, 0.15) is 155 Å². The molecule has 0 aromatic carbocycles. The summed E-state index contributed by atoms with van der Waals surface area (Å²) in [7, 11) is 0. The zero-order valence-electron chi connectivity index (χ0n) is 34.4. The van der Waals surface area contributed by atoms with E-state index in [2.05, 4.69) is 19.2 Å². The van der Waals surface area contributed by atoms with Crippen LogP contribution < -0.4 is 5.32 Å². The fourth-order valence-corrected chi connectivity index (χ4v) is 7.29. The molecule has 330 valence electrons. The lowest BCUT2D eigenvalue weighted by molar-refractivity contribution is -0.359. The van der Waals surface area contributed by atoms with Crippen molar-refractivity contribution in [1.29, 1.82) is 0 Å². The molecule has 2 aliphatic rings. The standard InChI is InChI=1S/C42H79NO13/c1-3-5-7-9-11-13-14-15-16-18-19-21-23-25-31(46)30(43-34(47)26-24-22-20-17-12-10-8-6-4-2)29-53-41-39(52)37(50)40(33(28-45)55-41)56-42-38(51)36(49)35(48)32(27-44)54-42/h23,25,30-33,35-42,44-46,48-52H,3-22,24,26-29H2,1-2H3,(H,43,47)/b25-23+/t30-,31+,32?,33?,35-,36?,37+,38-,39?,40+,41+,42-/m0/s1. The van der Waals surface area contributed by atoms with Crippen LogP contribution in [0, 0.1) is 0 Å². The van der Waals surface area contributed by atoms with E-state index in [9.17, 15) is 45.6 Å². The summed E-state index contributed by atoms with van der Waals surface area (Å²) in [6.45, 7) is 2.72. The van der Waals surface area contributed by atoms with Crippen LogP contribution >= 0.6 is 0 Å². The van der Waals surface area contributed by atoms with Crippen molar-refractivity contribution >= 4 is 5.91 Å². The van der Waals surface area contributed by atoms with Crippen molar-refractivity contribution < 1.29 is 64.6 Å². The minimum absolute atomic E-state index is 0.245. The lowest BCUT2D eigenvalue weighted by atomic mass is 9.97. The van der Waals surface area contributed by atoms with E-state index in [1.54, 1.807) is 6.08 Å². The van der Waals surface area contributed by atoms with Gasteiger partial charge in [0.2, 0.25) is 5.91 Å². The normalized spacial score (nSPS) is 29.5. The number of rotatable bonds is 32. The zero-order chi connectivity index (χ0) is 41.1. The van der Waals surface area contributed by atoms with E-state index in [1.807, 2.05) is 6.08 Å². The Balaban J connectivity index is 1.93. The van der Waals surface area contributed by atoms with E-state index in [-0.39, 0.29) is 18.9 Å². The number of ether oxygens (including phenoxy) is 4. The summed E-state index contributed by atoms with van der Waals surface area (Å²) in [5.41, 5.74) is 0. The molecule has 2 saturated heterocycles. The first-order chi connectivity index (χ1) is 27.1. The lowest BCUT2D eigenvalue weighted by Gasteiger charge is -2.46. The fourth-order valence-electron chi connectivity index (χ4n) is 7.29. The number of hydrogen-bond acceptors (Lipinski definition) is 13. The SMILES string of the molecule is CCCCCCCCCCCCC/C=C/[C@@H](O)[C@H](CO[C@@H]1OC(CO)[C@@H](O[C@@H]2OC(CO)[C@H](O)C(O)[C@@H]2O)[C@H](O)C1O)NC(=O)CCCCCCCCCCC. The molecule has 56 heavy (non-hydrogen) atoms. The van der Waals surface area contributed by atoms with E-state index >= 15 is 0 Å². The molecule has 0 aromatic rings. The van der Waals surface area contributed by atoms with Crippen molar-refractivity contribution in [3.63, 3.8) is 0 Å². The van der Waals surface area contributed by atoms with Gasteiger partial charge in [0.15, 0.2) is 12.6 Å². The first-order valence-electron chi connectivity index (χ1n) is 21.9. The van der Waals surface area contributed by atoms with Gasteiger partial charge in [-0.1, -0.05) is 142 Å². The third-order valence-electron chi connectivity index (χ3n) is 11.0. The number of allylic oxidation sites excluding steroid dienone is 1. The van der Waals surface area contributed by atoms with Gasteiger partial charge in [-0.25, -0.2) is 0 Å². The summed E-state index contributed by atoms with van der Waals surface area (Å²) in [6, 6.07) is -0.904. The summed E-state index contributed by atoms with van der Waals surface area (Å²) in [6.07, 6.45) is 11.3. The molecule has 1 amide bonds. The second-order valence-corrected chi connectivity index (χ2v) is 15.8. The molecule has 2 heterocycles. The zero-order valence-corrected chi connectivity index (χ0v) is 34.4. The minimum Gasteiger partial charge on any atom is -0.394 e. The van der Waals surface area contributed by atoms with E-state index < -0.39 is 86.8 Å². The number of amides is 1. The number of carbonyl (C=O) groups is 1. The quantitative estimate of drug-likeness (QED) is 0.0350. The van der Waals surface area contributed by atoms with Gasteiger partial charge < -0.3 is 65.1 Å². The summed E-state index contributed by atoms with van der Waals surface area (Å²) in [4.78, 5) is 13.0. The third-order valence-corrected chi connectivity index (χ3v) is 11.0. The monoisotopic (exact) mass is 806 g/mol. The summed E-state index contributed by atoms with van der Waals surface area (Å²) in [5.74, 6) is -0.245. The predicted molar refractivity (Wildman–Crippen MR) is 212 cm³/mol. The highest BCUT2D eigenvalue weighted by Crippen LogP contribution is 2.30. The smallest absolute Gasteiger partial charge is 0.220 e. The van der Waals surface area contributed by atoms with Crippen molar-refractivity contribution in [2.75, 3.05) is 19.8 Å². The minimum atomic E-state index is -1.78. The number of carbonyl (C=O) groups excluding carboxylic acids is 1. The van der Waals surface area contributed by atoms with Crippen molar-refractivity contribution in [2.45, 2.75) is 229 Å². The van der Waals surface area contributed by atoms with Gasteiger partial charge in [0.25, 0.3) is 0 Å². The maximum absolute atomic E-state index is 13.0. The first-order valence-corrected chi connectivity index (χ1v) is 21.9. The van der Waals surface area contributed by atoms with Gasteiger partial charge in [-0.3, -0.25) is 4.79 Å². The van der Waals surface area contributed by atoms with Crippen LogP contribution in [0.25, 0.3) is 0 Å². The highest BCUT2D eigenvalue weighted by Gasteiger charge is 2.50. The molecule has 0 aliphatic carbocycles. The number of unbranched alkanes of at least 4 members (excludes halogenated alkanes) is 19. The van der Waals surface area contributed by atoms with Crippen molar-refractivity contribution in [1.82, 2.24) is 5.32 Å². The number of hydrogen-bond donors (Lipinski definition) is 9. The van der Waals surface area contributed by atoms with Crippen molar-refractivity contribution in [3.8, 4) is 0 Å². The van der Waals surface area contributed by atoms with E-state index in [0.717, 1.165) is 38.5 Å².